The van der Waals surface area contributed by atoms with Crippen LogP contribution < -0.4 is 4.74 Å². The van der Waals surface area contributed by atoms with Crippen LogP contribution in [0.1, 0.15) is 19.4 Å². The van der Waals surface area contributed by atoms with Crippen molar-refractivity contribution in [3.63, 3.8) is 0 Å². The van der Waals surface area contributed by atoms with Gasteiger partial charge in [-0.2, -0.15) is 0 Å². The normalized spacial score (nSPS) is 7.92. The Labute approximate surface area is 73.1 Å². The summed E-state index contributed by atoms with van der Waals surface area (Å²) in [5.41, 5.74) is 0.890. The van der Waals surface area contributed by atoms with E-state index in [-0.39, 0.29) is 0 Å². The molecule has 1 aromatic rings. The highest BCUT2D eigenvalue weighted by Crippen LogP contribution is 2.01. The van der Waals surface area contributed by atoms with Crippen molar-refractivity contribution < 1.29 is 4.74 Å². The van der Waals surface area contributed by atoms with Crippen molar-refractivity contribution in [3.8, 4) is 6.01 Å². The van der Waals surface area contributed by atoms with Gasteiger partial charge in [0.15, 0.2) is 0 Å². The molecule has 3 nitrogen and oxygen atoms in total. The average Bonchev–Trinajstić information content (AvgIpc) is 2.21. The third-order valence-electron chi connectivity index (χ3n) is 1.07. The van der Waals surface area contributed by atoms with E-state index < -0.39 is 0 Å². The van der Waals surface area contributed by atoms with Gasteiger partial charge >= 0.3 is 6.01 Å². The average molecular weight is 166 g/mol. The second-order valence-electron chi connectivity index (χ2n) is 1.71. The van der Waals surface area contributed by atoms with Crippen molar-refractivity contribution >= 4 is 6.08 Å². The first-order valence-corrected chi connectivity index (χ1v) is 3.85. The summed E-state index contributed by atoms with van der Waals surface area (Å²) in [6, 6.07) is 0.380. The standard InChI is InChI=1S/C7H8N2O.C2H6/c1-3-6-4-8-7(10-2)9-5-6;1-2/h3-5H,1H2,2H3;1-2H3. The van der Waals surface area contributed by atoms with Gasteiger partial charge in [0.1, 0.15) is 0 Å². The van der Waals surface area contributed by atoms with Gasteiger partial charge in [-0.25, -0.2) is 9.97 Å². The van der Waals surface area contributed by atoms with Gasteiger partial charge < -0.3 is 4.74 Å². The lowest BCUT2D eigenvalue weighted by Gasteiger charge is -1.94. The molecule has 12 heavy (non-hydrogen) atoms. The molecule has 0 saturated heterocycles. The molecule has 0 spiro atoms. The van der Waals surface area contributed by atoms with E-state index in [1.165, 1.54) is 7.11 Å². The van der Waals surface area contributed by atoms with Crippen molar-refractivity contribution in [1.82, 2.24) is 9.97 Å². The number of aromatic nitrogens is 2. The monoisotopic (exact) mass is 166 g/mol. The third kappa shape index (κ3) is 3.14. The van der Waals surface area contributed by atoms with E-state index in [2.05, 4.69) is 16.5 Å². The lowest BCUT2D eigenvalue weighted by molar-refractivity contribution is 0.379. The van der Waals surface area contributed by atoms with Gasteiger partial charge in [0.2, 0.25) is 0 Å². The van der Waals surface area contributed by atoms with Crippen molar-refractivity contribution in [2.24, 2.45) is 0 Å². The molecule has 0 bridgehead atoms. The van der Waals surface area contributed by atoms with E-state index >= 15 is 0 Å². The molecule has 3 heteroatoms. The molecule has 0 atom stereocenters. The van der Waals surface area contributed by atoms with Crippen LogP contribution in [0.15, 0.2) is 19.0 Å². The molecular weight excluding hydrogens is 152 g/mol. The summed E-state index contributed by atoms with van der Waals surface area (Å²) in [5.74, 6) is 0. The number of methoxy groups -OCH3 is 1. The maximum absolute atomic E-state index is 4.76. The van der Waals surface area contributed by atoms with Crippen molar-refractivity contribution in [2.75, 3.05) is 7.11 Å². The van der Waals surface area contributed by atoms with E-state index in [1.807, 2.05) is 13.8 Å². The fraction of sp³-hybridized carbons (Fsp3) is 0.333. The van der Waals surface area contributed by atoms with Crippen LogP contribution in [0.25, 0.3) is 6.08 Å². The van der Waals surface area contributed by atoms with Gasteiger partial charge in [0.05, 0.1) is 7.11 Å². The molecule has 1 rings (SSSR count). The highest BCUT2D eigenvalue weighted by molar-refractivity contribution is 5.43. The summed E-state index contributed by atoms with van der Waals surface area (Å²) < 4.78 is 4.76. The number of rotatable bonds is 2. The maximum atomic E-state index is 4.76. The van der Waals surface area contributed by atoms with Gasteiger partial charge in [0, 0.05) is 18.0 Å². The van der Waals surface area contributed by atoms with E-state index in [9.17, 15) is 0 Å². The molecule has 0 amide bonds. The minimum absolute atomic E-state index is 0.380. The fourth-order valence-corrected chi connectivity index (χ4v) is 0.537. The van der Waals surface area contributed by atoms with Crippen LogP contribution >= 0.6 is 0 Å². The summed E-state index contributed by atoms with van der Waals surface area (Å²) in [4.78, 5) is 7.73. The largest absolute Gasteiger partial charge is 0.467 e. The molecule has 0 aliphatic heterocycles. The van der Waals surface area contributed by atoms with Crippen LogP contribution in [0, 0.1) is 0 Å². The second-order valence-corrected chi connectivity index (χ2v) is 1.71. The first-order chi connectivity index (χ1) is 5.86. The van der Waals surface area contributed by atoms with E-state index in [0.717, 1.165) is 5.56 Å². The van der Waals surface area contributed by atoms with Crippen LogP contribution in [0.4, 0.5) is 0 Å². The summed E-state index contributed by atoms with van der Waals surface area (Å²) in [5, 5.41) is 0. The zero-order chi connectivity index (χ0) is 9.40. The van der Waals surface area contributed by atoms with Gasteiger partial charge in [-0.1, -0.05) is 26.5 Å². The molecule has 0 aliphatic carbocycles. The van der Waals surface area contributed by atoms with Gasteiger partial charge in [-0.3, -0.25) is 0 Å². The Morgan fingerprint density at radius 2 is 1.83 bits per heavy atom. The Hall–Kier alpha value is -1.38. The molecular formula is C9H14N2O. The summed E-state index contributed by atoms with van der Waals surface area (Å²) >= 11 is 0. The van der Waals surface area contributed by atoms with Crippen LogP contribution in [0.2, 0.25) is 0 Å². The molecule has 0 aliphatic rings. The van der Waals surface area contributed by atoms with Gasteiger partial charge in [0.25, 0.3) is 0 Å². The SMILES string of the molecule is C=Cc1cnc(OC)nc1.CC. The number of nitrogens with zero attached hydrogens (tertiary/aromatic N) is 2. The zero-order valence-corrected chi connectivity index (χ0v) is 7.74. The Kier molecular flexibility index (Phi) is 5.61. The quantitative estimate of drug-likeness (QED) is 0.675. The smallest absolute Gasteiger partial charge is 0.316 e. The van der Waals surface area contributed by atoms with Crippen molar-refractivity contribution in [2.45, 2.75) is 13.8 Å². The highest BCUT2D eigenvalue weighted by Gasteiger charge is 1.90. The highest BCUT2D eigenvalue weighted by atomic mass is 16.5. The van der Waals surface area contributed by atoms with E-state index in [1.54, 1.807) is 18.5 Å². The Balaban J connectivity index is 0.000000561. The lowest BCUT2D eigenvalue weighted by Crippen LogP contribution is -1.90. The first-order valence-electron chi connectivity index (χ1n) is 3.85. The Bertz CT molecular complexity index is 218. The second kappa shape index (κ2) is 6.34. The first kappa shape index (κ1) is 10.6. The van der Waals surface area contributed by atoms with Crippen LogP contribution in [0.3, 0.4) is 0 Å². The Morgan fingerprint density at radius 3 is 2.17 bits per heavy atom. The van der Waals surface area contributed by atoms with Crippen LogP contribution in [-0.4, -0.2) is 17.1 Å². The zero-order valence-electron chi connectivity index (χ0n) is 7.74. The lowest BCUT2D eigenvalue weighted by atomic mass is 10.3. The molecule has 0 fully saturated rings. The summed E-state index contributed by atoms with van der Waals surface area (Å²) in [7, 11) is 1.53. The maximum Gasteiger partial charge on any atom is 0.316 e. The molecule has 1 aromatic heterocycles. The van der Waals surface area contributed by atoms with Gasteiger partial charge in [-0.15, -0.1) is 0 Å². The number of hydrogen-bond acceptors (Lipinski definition) is 3. The van der Waals surface area contributed by atoms with Crippen molar-refractivity contribution in [1.29, 1.82) is 0 Å². The predicted octanol–water partition coefficient (Wildman–Crippen LogP) is 2.15. The summed E-state index contributed by atoms with van der Waals surface area (Å²) in [6.07, 6.45) is 4.98. The molecule has 1 heterocycles. The predicted molar refractivity (Wildman–Crippen MR) is 50.0 cm³/mol. The van der Waals surface area contributed by atoms with Gasteiger partial charge in [-0.05, 0) is 0 Å². The molecule has 0 saturated carbocycles. The minimum atomic E-state index is 0.380. The minimum Gasteiger partial charge on any atom is -0.467 e. The van der Waals surface area contributed by atoms with Crippen molar-refractivity contribution in [3.05, 3.63) is 24.5 Å². The molecule has 0 radical (unpaired) electrons. The molecule has 0 unspecified atom stereocenters. The summed E-state index contributed by atoms with van der Waals surface area (Å²) in [6.45, 7) is 7.57. The van der Waals surface area contributed by atoms with Crippen LogP contribution in [0.5, 0.6) is 6.01 Å². The molecule has 0 aromatic carbocycles. The number of ether oxygens (including phenoxy) is 1. The van der Waals surface area contributed by atoms with E-state index in [4.69, 9.17) is 4.74 Å². The fourth-order valence-electron chi connectivity index (χ4n) is 0.537. The molecule has 0 N–H and O–H groups in total. The Morgan fingerprint density at radius 1 is 1.33 bits per heavy atom. The van der Waals surface area contributed by atoms with E-state index in [0.29, 0.717) is 6.01 Å². The number of hydrogen-bond donors (Lipinski definition) is 0. The topological polar surface area (TPSA) is 35.0 Å². The molecule has 66 valence electrons. The van der Waals surface area contributed by atoms with Crippen LogP contribution in [-0.2, 0) is 0 Å². The third-order valence-corrected chi connectivity index (χ3v) is 1.07.